The molecule has 0 aromatic carbocycles. The Morgan fingerprint density at radius 1 is 1.50 bits per heavy atom. The molecule has 6 heteroatoms. The number of piperidine rings is 1. The van der Waals surface area contributed by atoms with Crippen molar-refractivity contribution in [3.8, 4) is 0 Å². The minimum atomic E-state index is -0.435. The van der Waals surface area contributed by atoms with Crippen LogP contribution in [0.25, 0.3) is 0 Å². The van der Waals surface area contributed by atoms with Crippen molar-refractivity contribution in [1.29, 1.82) is 0 Å². The van der Waals surface area contributed by atoms with Gasteiger partial charge in [0.05, 0.1) is 5.69 Å². The normalized spacial score (nSPS) is 28.1. The highest BCUT2D eigenvalue weighted by Gasteiger charge is 2.35. The van der Waals surface area contributed by atoms with Gasteiger partial charge in [0, 0.05) is 29.8 Å². The maximum Gasteiger partial charge on any atom is 0.241 e. The van der Waals surface area contributed by atoms with Crippen molar-refractivity contribution < 1.29 is 4.79 Å². The third kappa shape index (κ3) is 2.87. The summed E-state index contributed by atoms with van der Waals surface area (Å²) in [7, 11) is 0. The second-order valence-corrected chi connectivity index (χ2v) is 6.62. The Labute approximate surface area is 127 Å². The largest absolute Gasteiger partial charge is 0.368 e. The Morgan fingerprint density at radius 3 is 3.00 bits per heavy atom. The lowest BCUT2D eigenvalue weighted by Gasteiger charge is -2.29. The molecule has 3 atom stereocenters. The fraction of sp³-hybridized carbons (Fsp3) is 0.571. The van der Waals surface area contributed by atoms with Crippen LogP contribution in [0, 0.1) is 5.92 Å². The van der Waals surface area contributed by atoms with Crippen LogP contribution in [0.15, 0.2) is 22.8 Å². The summed E-state index contributed by atoms with van der Waals surface area (Å²) in [4.78, 5) is 18.5. The summed E-state index contributed by atoms with van der Waals surface area (Å²) in [5.41, 5.74) is 6.39. The summed E-state index contributed by atoms with van der Waals surface area (Å²) in [6, 6.07) is 3.77. The molecule has 1 amide bonds. The maximum atomic E-state index is 12.0. The van der Waals surface area contributed by atoms with Crippen LogP contribution in [0.4, 0.5) is 0 Å². The van der Waals surface area contributed by atoms with E-state index in [0.29, 0.717) is 12.0 Å². The topological polar surface area (TPSA) is 71.2 Å². The van der Waals surface area contributed by atoms with E-state index in [4.69, 9.17) is 5.73 Å². The number of carbonyl (C=O) groups is 1. The van der Waals surface area contributed by atoms with Crippen molar-refractivity contribution in [2.75, 3.05) is 19.6 Å². The van der Waals surface area contributed by atoms with E-state index in [0.717, 1.165) is 29.8 Å². The molecule has 4 heterocycles. The second-order valence-electron chi connectivity index (χ2n) is 5.71. The van der Waals surface area contributed by atoms with Gasteiger partial charge in [-0.05, 0) is 37.4 Å². The number of nitrogens with zero attached hydrogens (tertiary/aromatic N) is 2. The molecule has 1 aromatic rings. The zero-order chi connectivity index (χ0) is 14.1. The highest BCUT2D eigenvalue weighted by atomic mass is 79.9. The van der Waals surface area contributed by atoms with Crippen LogP contribution >= 0.6 is 15.9 Å². The van der Waals surface area contributed by atoms with Crippen molar-refractivity contribution in [3.05, 3.63) is 28.5 Å². The third-order valence-electron chi connectivity index (χ3n) is 4.22. The molecule has 5 nitrogen and oxygen atoms in total. The van der Waals surface area contributed by atoms with E-state index in [9.17, 15) is 4.79 Å². The number of carbonyl (C=O) groups excluding carboxylic acids is 1. The van der Waals surface area contributed by atoms with Gasteiger partial charge in [0.25, 0.3) is 0 Å². The number of hydrogen-bond acceptors (Lipinski definition) is 4. The Morgan fingerprint density at radius 2 is 2.35 bits per heavy atom. The highest BCUT2D eigenvalue weighted by Crippen LogP contribution is 2.28. The lowest BCUT2D eigenvalue weighted by atomic mass is 9.97. The molecule has 0 aliphatic carbocycles. The molecule has 108 valence electrons. The molecule has 0 radical (unpaired) electrons. The molecule has 3 aliphatic heterocycles. The number of primary amides is 1. The number of pyridine rings is 1. The van der Waals surface area contributed by atoms with Crippen molar-refractivity contribution in [3.63, 3.8) is 0 Å². The van der Waals surface area contributed by atoms with E-state index in [1.807, 2.05) is 12.1 Å². The predicted molar refractivity (Wildman–Crippen MR) is 80.0 cm³/mol. The van der Waals surface area contributed by atoms with E-state index < -0.39 is 6.04 Å². The smallest absolute Gasteiger partial charge is 0.241 e. The van der Waals surface area contributed by atoms with E-state index >= 15 is 0 Å². The number of nitrogens with two attached hydrogens (primary N) is 1. The number of rotatable bonds is 3. The lowest BCUT2D eigenvalue weighted by molar-refractivity contribution is -0.123. The van der Waals surface area contributed by atoms with Gasteiger partial charge in [-0.2, -0.15) is 0 Å². The molecule has 3 N–H and O–H groups in total. The predicted octanol–water partition coefficient (Wildman–Crippen LogP) is 1.05. The van der Waals surface area contributed by atoms with Crippen molar-refractivity contribution in [2.24, 2.45) is 11.7 Å². The van der Waals surface area contributed by atoms with Gasteiger partial charge >= 0.3 is 0 Å². The molecule has 1 aromatic heterocycles. The van der Waals surface area contributed by atoms with Gasteiger partial charge in [-0.25, -0.2) is 0 Å². The van der Waals surface area contributed by atoms with E-state index in [1.54, 1.807) is 6.20 Å². The van der Waals surface area contributed by atoms with E-state index in [-0.39, 0.29) is 5.91 Å². The van der Waals surface area contributed by atoms with E-state index in [2.05, 4.69) is 31.1 Å². The molecule has 2 bridgehead atoms. The Hall–Kier alpha value is -0.980. The summed E-state index contributed by atoms with van der Waals surface area (Å²) in [6.07, 6.45) is 4.12. The monoisotopic (exact) mass is 338 g/mol. The summed E-state index contributed by atoms with van der Waals surface area (Å²) < 4.78 is 0.921. The average Bonchev–Trinajstić information content (AvgIpc) is 2.71. The summed E-state index contributed by atoms with van der Waals surface area (Å²) in [6.45, 7) is 2.81. The summed E-state index contributed by atoms with van der Waals surface area (Å²) >= 11 is 3.43. The number of amides is 1. The molecular formula is C14H19BrN4O. The van der Waals surface area contributed by atoms with Crippen molar-refractivity contribution in [1.82, 2.24) is 15.2 Å². The standard InChI is InChI=1S/C14H19BrN4O/c15-10-3-4-17-12(5-10)13(14(16)20)19-7-9-1-2-11(8-19)18-6-9/h3-5,9,11,13,18H,1-2,6-8H2,(H2,16,20). The van der Waals surface area contributed by atoms with Gasteiger partial charge in [0.1, 0.15) is 6.04 Å². The molecule has 0 saturated carbocycles. The fourth-order valence-corrected chi connectivity index (χ4v) is 3.62. The number of halogens is 1. The Bertz CT molecular complexity index is 488. The SMILES string of the molecule is NC(=O)C(c1cc(Br)ccn1)N1CC2CCC(C1)NC2. The minimum absolute atomic E-state index is 0.322. The molecule has 3 aliphatic rings. The molecular weight excluding hydrogens is 320 g/mol. The maximum absolute atomic E-state index is 12.0. The minimum Gasteiger partial charge on any atom is -0.368 e. The fourth-order valence-electron chi connectivity index (χ4n) is 3.27. The van der Waals surface area contributed by atoms with Gasteiger partial charge in [-0.1, -0.05) is 15.9 Å². The van der Waals surface area contributed by atoms with E-state index in [1.165, 1.54) is 12.8 Å². The van der Waals surface area contributed by atoms with Crippen LogP contribution in [0.3, 0.4) is 0 Å². The molecule has 3 fully saturated rings. The number of fused-ring (bicyclic) bond motifs is 4. The van der Waals surface area contributed by atoms with Gasteiger partial charge in [-0.15, -0.1) is 0 Å². The van der Waals surface area contributed by atoms with Gasteiger partial charge in [0.2, 0.25) is 5.91 Å². The first-order valence-electron chi connectivity index (χ1n) is 7.01. The van der Waals surface area contributed by atoms with Gasteiger partial charge < -0.3 is 11.1 Å². The molecule has 0 spiro atoms. The van der Waals surface area contributed by atoms with Crippen LogP contribution in [-0.4, -0.2) is 41.5 Å². The Kier molecular flexibility index (Phi) is 4.05. The van der Waals surface area contributed by atoms with Crippen LogP contribution in [-0.2, 0) is 4.79 Å². The van der Waals surface area contributed by atoms with Crippen LogP contribution in [0.1, 0.15) is 24.6 Å². The first-order chi connectivity index (χ1) is 9.63. The zero-order valence-corrected chi connectivity index (χ0v) is 12.8. The van der Waals surface area contributed by atoms with Crippen molar-refractivity contribution >= 4 is 21.8 Å². The second kappa shape index (κ2) is 5.79. The number of hydrogen-bond donors (Lipinski definition) is 2. The lowest BCUT2D eigenvalue weighted by Crippen LogP contribution is -2.43. The van der Waals surface area contributed by atoms with Crippen LogP contribution in [0.5, 0.6) is 0 Å². The first kappa shape index (κ1) is 14.0. The third-order valence-corrected chi connectivity index (χ3v) is 4.72. The molecule has 4 rings (SSSR count). The molecule has 3 saturated heterocycles. The number of nitrogens with one attached hydrogen (secondary N) is 1. The Balaban J connectivity index is 1.89. The van der Waals surface area contributed by atoms with Gasteiger partial charge in [0.15, 0.2) is 0 Å². The average molecular weight is 339 g/mol. The zero-order valence-electron chi connectivity index (χ0n) is 11.3. The number of aromatic nitrogens is 1. The van der Waals surface area contributed by atoms with Crippen LogP contribution in [0.2, 0.25) is 0 Å². The molecule has 3 unspecified atom stereocenters. The quantitative estimate of drug-likeness (QED) is 0.864. The molecule has 20 heavy (non-hydrogen) atoms. The summed E-state index contributed by atoms with van der Waals surface area (Å²) in [5.74, 6) is 0.277. The van der Waals surface area contributed by atoms with Crippen LogP contribution < -0.4 is 11.1 Å². The van der Waals surface area contributed by atoms with Crippen molar-refractivity contribution in [2.45, 2.75) is 24.9 Å². The summed E-state index contributed by atoms with van der Waals surface area (Å²) in [5, 5.41) is 3.54. The highest BCUT2D eigenvalue weighted by molar-refractivity contribution is 9.10. The van der Waals surface area contributed by atoms with Gasteiger partial charge in [-0.3, -0.25) is 14.7 Å². The first-order valence-corrected chi connectivity index (χ1v) is 7.81.